The fourth-order valence-electron chi connectivity index (χ4n) is 2.01. The molecule has 0 saturated heterocycles. The van der Waals surface area contributed by atoms with Crippen LogP contribution in [0.15, 0.2) is 42.5 Å². The minimum atomic E-state index is -0.693. The van der Waals surface area contributed by atoms with Crippen LogP contribution in [0.1, 0.15) is 22.8 Å². The van der Waals surface area contributed by atoms with Crippen LogP contribution in [0.4, 0.5) is 11.4 Å². The molecule has 0 aliphatic carbocycles. The number of halogens is 1. The summed E-state index contributed by atoms with van der Waals surface area (Å²) in [7, 11) is 0. The zero-order valence-corrected chi connectivity index (χ0v) is 14.5. The molecule has 132 valence electrons. The second kappa shape index (κ2) is 8.65. The number of nitriles is 1. The summed E-state index contributed by atoms with van der Waals surface area (Å²) in [5, 5.41) is 14.4. The Balaban J connectivity index is 1.93. The van der Waals surface area contributed by atoms with E-state index in [1.807, 2.05) is 6.07 Å². The number of esters is 1. The number of benzene rings is 2. The first kappa shape index (κ1) is 19.0. The van der Waals surface area contributed by atoms with Gasteiger partial charge in [0.1, 0.15) is 6.07 Å². The summed E-state index contributed by atoms with van der Waals surface area (Å²) in [6.07, 6.45) is 0. The number of nitrogens with zero attached hydrogens (tertiary/aromatic N) is 1. The summed E-state index contributed by atoms with van der Waals surface area (Å²) in [6.45, 7) is 0.849. The molecule has 2 aromatic rings. The molecule has 0 spiro atoms. The largest absolute Gasteiger partial charge is 0.452 e. The molecule has 0 unspecified atom stereocenters. The van der Waals surface area contributed by atoms with E-state index in [1.54, 1.807) is 12.1 Å². The Morgan fingerprint density at radius 3 is 2.42 bits per heavy atom. The fraction of sp³-hybridized carbons (Fsp3) is 0.111. The van der Waals surface area contributed by atoms with Gasteiger partial charge in [0.15, 0.2) is 6.61 Å². The van der Waals surface area contributed by atoms with Crippen molar-refractivity contribution in [3.8, 4) is 6.07 Å². The van der Waals surface area contributed by atoms with E-state index in [1.165, 1.54) is 37.3 Å². The Bertz CT molecular complexity index is 888. The number of ether oxygens (including phenoxy) is 1. The molecule has 0 bridgehead atoms. The summed E-state index contributed by atoms with van der Waals surface area (Å²) in [4.78, 5) is 34.8. The van der Waals surface area contributed by atoms with Gasteiger partial charge < -0.3 is 15.4 Å². The third kappa shape index (κ3) is 5.33. The predicted molar refractivity (Wildman–Crippen MR) is 95.8 cm³/mol. The second-order valence-corrected chi connectivity index (χ2v) is 5.62. The standard InChI is InChI=1S/C18H14ClN3O4/c1-11(23)21-15-6-3-12(4-7-15)18(25)26-10-17(24)22-16-8-14(19)5-2-13(16)9-20/h2-8H,10H2,1H3,(H,21,23)(H,22,24). The Kier molecular flexibility index (Phi) is 6.31. The van der Waals surface area contributed by atoms with Crippen LogP contribution >= 0.6 is 11.6 Å². The van der Waals surface area contributed by atoms with Gasteiger partial charge in [-0.3, -0.25) is 9.59 Å². The molecule has 0 heterocycles. The first-order valence-corrected chi connectivity index (χ1v) is 7.81. The van der Waals surface area contributed by atoms with Crippen LogP contribution in [0.5, 0.6) is 0 Å². The van der Waals surface area contributed by atoms with E-state index in [4.69, 9.17) is 21.6 Å². The third-order valence-corrected chi connectivity index (χ3v) is 3.39. The molecule has 2 N–H and O–H groups in total. The van der Waals surface area contributed by atoms with Crippen molar-refractivity contribution < 1.29 is 19.1 Å². The molecule has 0 fully saturated rings. The normalized spacial score (nSPS) is 9.73. The van der Waals surface area contributed by atoms with Gasteiger partial charge in [-0.25, -0.2) is 4.79 Å². The van der Waals surface area contributed by atoms with Gasteiger partial charge >= 0.3 is 5.97 Å². The number of carbonyl (C=O) groups excluding carboxylic acids is 3. The number of amides is 2. The molecule has 2 aromatic carbocycles. The minimum absolute atomic E-state index is 0.227. The first-order chi connectivity index (χ1) is 12.4. The maximum atomic E-state index is 11.9. The topological polar surface area (TPSA) is 108 Å². The highest BCUT2D eigenvalue weighted by Crippen LogP contribution is 2.20. The fourth-order valence-corrected chi connectivity index (χ4v) is 2.18. The number of hydrogen-bond donors (Lipinski definition) is 2. The van der Waals surface area contributed by atoms with Crippen LogP contribution in [0.2, 0.25) is 5.02 Å². The van der Waals surface area contributed by atoms with Crippen LogP contribution in [0.3, 0.4) is 0 Å². The first-order valence-electron chi connectivity index (χ1n) is 7.43. The van der Waals surface area contributed by atoms with E-state index in [0.717, 1.165) is 0 Å². The van der Waals surface area contributed by atoms with Gasteiger partial charge in [0, 0.05) is 17.6 Å². The van der Waals surface area contributed by atoms with Crippen LogP contribution in [-0.2, 0) is 14.3 Å². The smallest absolute Gasteiger partial charge is 0.338 e. The highest BCUT2D eigenvalue weighted by molar-refractivity contribution is 6.31. The average molecular weight is 372 g/mol. The summed E-state index contributed by atoms with van der Waals surface area (Å²) < 4.78 is 4.93. The summed E-state index contributed by atoms with van der Waals surface area (Å²) in [5.41, 5.74) is 1.24. The molecule has 2 amide bonds. The molecule has 0 aromatic heterocycles. The SMILES string of the molecule is CC(=O)Nc1ccc(C(=O)OCC(=O)Nc2cc(Cl)ccc2C#N)cc1. The number of rotatable bonds is 5. The van der Waals surface area contributed by atoms with E-state index in [-0.39, 0.29) is 22.7 Å². The lowest BCUT2D eigenvalue weighted by Crippen LogP contribution is -2.21. The Morgan fingerprint density at radius 2 is 1.81 bits per heavy atom. The number of carbonyl (C=O) groups is 3. The van der Waals surface area contributed by atoms with Crippen LogP contribution in [0.25, 0.3) is 0 Å². The number of hydrogen-bond acceptors (Lipinski definition) is 5. The van der Waals surface area contributed by atoms with E-state index >= 15 is 0 Å². The van der Waals surface area contributed by atoms with Crippen molar-refractivity contribution in [1.82, 2.24) is 0 Å². The molecule has 0 atom stereocenters. The van der Waals surface area contributed by atoms with Gasteiger partial charge in [-0.1, -0.05) is 11.6 Å². The molecule has 2 rings (SSSR count). The average Bonchev–Trinajstić information content (AvgIpc) is 2.60. The Morgan fingerprint density at radius 1 is 1.12 bits per heavy atom. The lowest BCUT2D eigenvalue weighted by atomic mass is 10.2. The molecule has 7 nitrogen and oxygen atoms in total. The highest BCUT2D eigenvalue weighted by Gasteiger charge is 2.12. The minimum Gasteiger partial charge on any atom is -0.452 e. The third-order valence-electron chi connectivity index (χ3n) is 3.15. The summed E-state index contributed by atoms with van der Waals surface area (Å²) in [6, 6.07) is 12.4. The van der Waals surface area contributed by atoms with E-state index in [2.05, 4.69) is 10.6 Å². The van der Waals surface area contributed by atoms with E-state index in [0.29, 0.717) is 10.7 Å². The molecule has 0 radical (unpaired) electrons. The molecular weight excluding hydrogens is 358 g/mol. The van der Waals surface area contributed by atoms with Crippen molar-refractivity contribution in [2.24, 2.45) is 0 Å². The lowest BCUT2D eigenvalue weighted by Gasteiger charge is -2.09. The van der Waals surface area contributed by atoms with Crippen LogP contribution in [0, 0.1) is 11.3 Å². The van der Waals surface area contributed by atoms with Gasteiger partial charge in [-0.05, 0) is 42.5 Å². The quantitative estimate of drug-likeness (QED) is 0.785. The second-order valence-electron chi connectivity index (χ2n) is 5.18. The van der Waals surface area contributed by atoms with Crippen molar-refractivity contribution in [2.75, 3.05) is 17.2 Å². The Labute approximate surface area is 154 Å². The zero-order chi connectivity index (χ0) is 19.1. The molecule has 8 heteroatoms. The van der Waals surface area contributed by atoms with Crippen molar-refractivity contribution in [2.45, 2.75) is 6.92 Å². The molecule has 0 saturated carbocycles. The van der Waals surface area contributed by atoms with Crippen LogP contribution in [-0.4, -0.2) is 24.4 Å². The van der Waals surface area contributed by atoms with Crippen molar-refractivity contribution >= 4 is 40.8 Å². The maximum absolute atomic E-state index is 11.9. The summed E-state index contributed by atoms with van der Waals surface area (Å²) >= 11 is 5.84. The Hall–Kier alpha value is -3.37. The zero-order valence-electron chi connectivity index (χ0n) is 13.7. The molecule has 0 aliphatic rings. The van der Waals surface area contributed by atoms with Crippen molar-refractivity contribution in [3.05, 3.63) is 58.6 Å². The maximum Gasteiger partial charge on any atom is 0.338 e. The van der Waals surface area contributed by atoms with Crippen molar-refractivity contribution in [3.63, 3.8) is 0 Å². The van der Waals surface area contributed by atoms with E-state index in [9.17, 15) is 14.4 Å². The van der Waals surface area contributed by atoms with Crippen molar-refractivity contribution in [1.29, 1.82) is 5.26 Å². The number of nitrogens with one attached hydrogen (secondary N) is 2. The van der Waals surface area contributed by atoms with Crippen LogP contribution < -0.4 is 10.6 Å². The van der Waals surface area contributed by atoms with E-state index < -0.39 is 18.5 Å². The number of anilines is 2. The monoisotopic (exact) mass is 371 g/mol. The highest BCUT2D eigenvalue weighted by atomic mass is 35.5. The molecule has 26 heavy (non-hydrogen) atoms. The molecular formula is C18H14ClN3O4. The van der Waals surface area contributed by atoms with Gasteiger partial charge in [-0.2, -0.15) is 5.26 Å². The summed E-state index contributed by atoms with van der Waals surface area (Å²) in [5.74, 6) is -1.53. The molecule has 0 aliphatic heterocycles. The predicted octanol–water partition coefficient (Wildman–Crippen LogP) is 2.97. The van der Waals surface area contributed by atoms with Gasteiger partial charge in [0.25, 0.3) is 5.91 Å². The van der Waals surface area contributed by atoms with Gasteiger partial charge in [-0.15, -0.1) is 0 Å². The lowest BCUT2D eigenvalue weighted by molar-refractivity contribution is -0.119. The van der Waals surface area contributed by atoms with Gasteiger partial charge in [0.05, 0.1) is 16.8 Å². The van der Waals surface area contributed by atoms with Gasteiger partial charge in [0.2, 0.25) is 5.91 Å².